The summed E-state index contributed by atoms with van der Waals surface area (Å²) in [5.41, 5.74) is 3.52. The van der Waals surface area contributed by atoms with Crippen LogP contribution in [0.3, 0.4) is 0 Å². The molecule has 0 saturated carbocycles. The lowest BCUT2D eigenvalue weighted by Gasteiger charge is -2.39. The molecule has 0 radical (unpaired) electrons. The minimum atomic E-state index is -4.44. The molecule has 0 bridgehead atoms. The van der Waals surface area contributed by atoms with Gasteiger partial charge in [-0.05, 0) is 54.3 Å². The van der Waals surface area contributed by atoms with Crippen LogP contribution >= 0.6 is 0 Å². The van der Waals surface area contributed by atoms with Crippen molar-refractivity contribution in [3.05, 3.63) is 64.7 Å². The van der Waals surface area contributed by atoms with Gasteiger partial charge in [-0.2, -0.15) is 13.2 Å². The van der Waals surface area contributed by atoms with Gasteiger partial charge in [0.05, 0.1) is 11.5 Å². The molecule has 0 amide bonds. The van der Waals surface area contributed by atoms with Crippen LogP contribution in [0.2, 0.25) is 0 Å². The van der Waals surface area contributed by atoms with E-state index in [-0.39, 0.29) is 17.8 Å². The van der Waals surface area contributed by atoms with Crippen molar-refractivity contribution >= 4 is 17.2 Å². The average molecular weight is 417 g/mol. The van der Waals surface area contributed by atoms with Crippen LogP contribution in [0, 0.1) is 5.92 Å². The van der Waals surface area contributed by atoms with Crippen molar-refractivity contribution in [3.8, 4) is 5.75 Å². The number of rotatable bonds is 4. The van der Waals surface area contributed by atoms with E-state index in [0.717, 1.165) is 34.5 Å². The zero-order valence-electron chi connectivity index (χ0n) is 16.7. The highest BCUT2D eigenvalue weighted by molar-refractivity contribution is 5.88. The Morgan fingerprint density at radius 2 is 1.93 bits per heavy atom. The molecule has 30 heavy (non-hydrogen) atoms. The Bertz CT molecular complexity index is 1020. The SMILES string of the molecule is CCC1Oc2cc(C(F)(F)F)ccc2C(c2cccc(N3CC(C(=O)O)C3)c2)=C1C. The monoisotopic (exact) mass is 417 g/mol. The normalized spacial score (nSPS) is 19.2. The number of fused-ring (bicyclic) bond motifs is 1. The summed E-state index contributed by atoms with van der Waals surface area (Å²) in [6.07, 6.45) is -4.11. The van der Waals surface area contributed by atoms with Gasteiger partial charge in [0.25, 0.3) is 0 Å². The number of hydrogen-bond donors (Lipinski definition) is 1. The maximum absolute atomic E-state index is 13.2. The van der Waals surface area contributed by atoms with Gasteiger partial charge in [-0.3, -0.25) is 4.79 Å². The minimum absolute atomic E-state index is 0.234. The Labute approximate surface area is 172 Å². The molecule has 4 rings (SSSR count). The molecule has 158 valence electrons. The highest BCUT2D eigenvalue weighted by Crippen LogP contribution is 2.44. The fraction of sp³-hybridized carbons (Fsp3) is 0.348. The first kappa shape index (κ1) is 20.3. The van der Waals surface area contributed by atoms with E-state index >= 15 is 0 Å². The van der Waals surface area contributed by atoms with E-state index in [9.17, 15) is 18.0 Å². The summed E-state index contributed by atoms with van der Waals surface area (Å²) in [6.45, 7) is 4.78. The van der Waals surface area contributed by atoms with E-state index < -0.39 is 17.7 Å². The number of aliphatic carboxylic acids is 1. The fourth-order valence-corrected chi connectivity index (χ4v) is 4.09. The second-order valence-corrected chi connectivity index (χ2v) is 7.77. The molecule has 1 unspecified atom stereocenters. The number of carboxylic acid groups (broad SMARTS) is 1. The van der Waals surface area contributed by atoms with Crippen molar-refractivity contribution in [2.45, 2.75) is 32.5 Å². The van der Waals surface area contributed by atoms with Crippen LogP contribution in [0.15, 0.2) is 48.0 Å². The first-order valence-electron chi connectivity index (χ1n) is 9.86. The van der Waals surface area contributed by atoms with Crippen molar-refractivity contribution in [1.82, 2.24) is 0 Å². The van der Waals surface area contributed by atoms with Crippen LogP contribution in [-0.2, 0) is 11.0 Å². The Morgan fingerprint density at radius 1 is 1.20 bits per heavy atom. The van der Waals surface area contributed by atoms with E-state index in [1.54, 1.807) is 0 Å². The average Bonchev–Trinajstić information content (AvgIpc) is 2.65. The number of alkyl halides is 3. The predicted octanol–water partition coefficient (Wildman–Crippen LogP) is 5.22. The Kier molecular flexibility index (Phi) is 5.00. The number of carbonyl (C=O) groups is 1. The van der Waals surface area contributed by atoms with E-state index in [1.807, 2.05) is 43.0 Å². The number of halogens is 3. The second-order valence-electron chi connectivity index (χ2n) is 7.77. The molecule has 0 spiro atoms. The van der Waals surface area contributed by atoms with Gasteiger partial charge in [-0.25, -0.2) is 0 Å². The largest absolute Gasteiger partial charge is 0.485 e. The topological polar surface area (TPSA) is 49.8 Å². The number of anilines is 1. The minimum Gasteiger partial charge on any atom is -0.485 e. The van der Waals surface area contributed by atoms with Gasteiger partial charge in [0.2, 0.25) is 0 Å². The molecule has 1 saturated heterocycles. The summed E-state index contributed by atoms with van der Waals surface area (Å²) in [7, 11) is 0. The number of ether oxygens (including phenoxy) is 1. The third-order valence-corrected chi connectivity index (χ3v) is 5.83. The molecule has 4 nitrogen and oxygen atoms in total. The highest BCUT2D eigenvalue weighted by atomic mass is 19.4. The molecular formula is C23H22F3NO3. The van der Waals surface area contributed by atoms with Crippen LogP contribution < -0.4 is 9.64 Å². The lowest BCUT2D eigenvalue weighted by atomic mass is 9.87. The van der Waals surface area contributed by atoms with Gasteiger partial charge in [0, 0.05) is 24.3 Å². The maximum atomic E-state index is 13.2. The molecule has 2 aliphatic heterocycles. The molecule has 1 N–H and O–H groups in total. The van der Waals surface area contributed by atoms with Crippen molar-refractivity contribution in [2.24, 2.45) is 5.92 Å². The fourth-order valence-electron chi connectivity index (χ4n) is 4.09. The van der Waals surface area contributed by atoms with Gasteiger partial charge in [0.1, 0.15) is 11.9 Å². The molecule has 0 aromatic heterocycles. The summed E-state index contributed by atoms with van der Waals surface area (Å²) < 4.78 is 45.5. The quantitative estimate of drug-likeness (QED) is 0.741. The van der Waals surface area contributed by atoms with Gasteiger partial charge >= 0.3 is 12.1 Å². The molecule has 2 aromatic rings. The summed E-state index contributed by atoms with van der Waals surface area (Å²) in [5, 5.41) is 9.11. The second kappa shape index (κ2) is 7.38. The van der Waals surface area contributed by atoms with Crippen molar-refractivity contribution < 1.29 is 27.8 Å². The lowest BCUT2D eigenvalue weighted by Crippen LogP contribution is -2.50. The van der Waals surface area contributed by atoms with Crippen LogP contribution in [0.1, 0.15) is 37.0 Å². The van der Waals surface area contributed by atoms with Crippen molar-refractivity contribution in [2.75, 3.05) is 18.0 Å². The Morgan fingerprint density at radius 3 is 2.57 bits per heavy atom. The van der Waals surface area contributed by atoms with Crippen molar-refractivity contribution in [3.63, 3.8) is 0 Å². The molecule has 2 aromatic carbocycles. The van der Waals surface area contributed by atoms with Gasteiger partial charge < -0.3 is 14.7 Å². The van der Waals surface area contributed by atoms with Gasteiger partial charge in [-0.1, -0.05) is 25.1 Å². The highest BCUT2D eigenvalue weighted by Gasteiger charge is 2.35. The molecule has 0 aliphatic carbocycles. The predicted molar refractivity (Wildman–Crippen MR) is 108 cm³/mol. The molecule has 1 atom stereocenters. The molecule has 1 fully saturated rings. The summed E-state index contributed by atoms with van der Waals surface area (Å²) in [4.78, 5) is 13.1. The van der Waals surface area contributed by atoms with Crippen LogP contribution in [0.25, 0.3) is 5.57 Å². The van der Waals surface area contributed by atoms with Crippen molar-refractivity contribution in [1.29, 1.82) is 0 Å². The van der Waals surface area contributed by atoms with E-state index in [4.69, 9.17) is 9.84 Å². The lowest BCUT2D eigenvalue weighted by molar-refractivity contribution is -0.142. The van der Waals surface area contributed by atoms with E-state index in [1.165, 1.54) is 6.07 Å². The third-order valence-electron chi connectivity index (χ3n) is 5.83. The van der Waals surface area contributed by atoms with Gasteiger partial charge in [-0.15, -0.1) is 0 Å². The number of benzene rings is 2. The van der Waals surface area contributed by atoms with E-state index in [0.29, 0.717) is 25.1 Å². The summed E-state index contributed by atoms with van der Waals surface area (Å²) in [6, 6.07) is 11.3. The molecule has 2 aliphatic rings. The zero-order chi connectivity index (χ0) is 21.6. The molecule has 7 heteroatoms. The van der Waals surface area contributed by atoms with Gasteiger partial charge in [0.15, 0.2) is 0 Å². The van der Waals surface area contributed by atoms with Crippen LogP contribution in [0.4, 0.5) is 18.9 Å². The zero-order valence-corrected chi connectivity index (χ0v) is 16.7. The van der Waals surface area contributed by atoms with Crippen LogP contribution in [-0.4, -0.2) is 30.3 Å². The third kappa shape index (κ3) is 3.53. The Balaban J connectivity index is 1.74. The standard InChI is InChI=1S/C23H22F3NO3/c1-3-19-13(2)21(18-8-7-16(23(24,25)26)10-20(18)30-19)14-5-4-6-17(9-14)27-11-15(12-27)22(28)29/h4-10,15,19H,3,11-12H2,1-2H3,(H,28,29). The number of carboxylic acids is 1. The first-order valence-corrected chi connectivity index (χ1v) is 9.86. The Hall–Kier alpha value is -2.96. The molecule has 2 heterocycles. The first-order chi connectivity index (χ1) is 14.2. The number of hydrogen-bond acceptors (Lipinski definition) is 3. The maximum Gasteiger partial charge on any atom is 0.416 e. The smallest absolute Gasteiger partial charge is 0.416 e. The number of nitrogens with zero attached hydrogens (tertiary/aromatic N) is 1. The van der Waals surface area contributed by atoms with Crippen LogP contribution in [0.5, 0.6) is 5.75 Å². The van der Waals surface area contributed by atoms with E-state index in [2.05, 4.69) is 0 Å². The molecular weight excluding hydrogens is 395 g/mol. The summed E-state index contributed by atoms with van der Waals surface area (Å²) in [5.74, 6) is -0.938. The summed E-state index contributed by atoms with van der Waals surface area (Å²) >= 11 is 0.